The fourth-order valence-electron chi connectivity index (χ4n) is 3.17. The van der Waals surface area contributed by atoms with Crippen molar-refractivity contribution < 1.29 is 4.79 Å². The lowest BCUT2D eigenvalue weighted by Gasteiger charge is -2.34. The van der Waals surface area contributed by atoms with Crippen LogP contribution in [0.3, 0.4) is 0 Å². The third-order valence-electron chi connectivity index (χ3n) is 4.78. The minimum absolute atomic E-state index is 0.0239. The van der Waals surface area contributed by atoms with E-state index < -0.39 is 0 Å². The van der Waals surface area contributed by atoms with E-state index in [0.717, 1.165) is 6.42 Å². The van der Waals surface area contributed by atoms with Gasteiger partial charge in [-0.15, -0.1) is 10.2 Å². The molecule has 0 saturated heterocycles. The number of amides is 1. The van der Waals surface area contributed by atoms with Gasteiger partial charge in [-0.1, -0.05) is 61.7 Å². The highest BCUT2D eigenvalue weighted by Crippen LogP contribution is 2.30. The second kappa shape index (κ2) is 7.50. The number of rotatable bonds is 4. The van der Waals surface area contributed by atoms with E-state index in [2.05, 4.69) is 29.4 Å². The molecule has 3 unspecified atom stereocenters. The van der Waals surface area contributed by atoms with Crippen molar-refractivity contribution >= 4 is 46.5 Å². The number of thioether (sulfide) groups is 1. The van der Waals surface area contributed by atoms with E-state index in [0.29, 0.717) is 38.4 Å². The molecular weight excluding hydrogens is 367 g/mol. The molecule has 0 spiro atoms. The molecule has 0 bridgehead atoms. The minimum atomic E-state index is 0.0239. The first-order chi connectivity index (χ1) is 11.5. The van der Waals surface area contributed by atoms with Crippen molar-refractivity contribution in [2.75, 3.05) is 5.75 Å². The molecule has 2 heterocycles. The summed E-state index contributed by atoms with van der Waals surface area (Å²) in [6.07, 6.45) is 5.18. The highest BCUT2D eigenvalue weighted by atomic mass is 35.5. The fraction of sp³-hybridized carbons (Fsp3) is 0.562. The van der Waals surface area contributed by atoms with Crippen molar-refractivity contribution in [3.63, 3.8) is 0 Å². The van der Waals surface area contributed by atoms with E-state index in [9.17, 15) is 4.79 Å². The molecule has 130 valence electrons. The van der Waals surface area contributed by atoms with Gasteiger partial charge in [0.1, 0.15) is 0 Å². The Labute approximate surface area is 155 Å². The summed E-state index contributed by atoms with van der Waals surface area (Å²) in [7, 11) is 0. The third kappa shape index (κ3) is 3.81. The van der Waals surface area contributed by atoms with E-state index in [-0.39, 0.29) is 11.9 Å². The Bertz CT molecular complexity index is 751. The lowest BCUT2D eigenvalue weighted by atomic mass is 9.78. The molecule has 1 aliphatic carbocycles. The highest BCUT2D eigenvalue weighted by molar-refractivity contribution is 7.99. The summed E-state index contributed by atoms with van der Waals surface area (Å²) in [5.74, 6) is 1.49. The van der Waals surface area contributed by atoms with Gasteiger partial charge in [0, 0.05) is 12.2 Å². The van der Waals surface area contributed by atoms with Crippen molar-refractivity contribution in [1.29, 1.82) is 0 Å². The molecule has 1 aliphatic rings. The molecule has 1 amide bonds. The quantitative estimate of drug-likeness (QED) is 0.804. The molecule has 2 aromatic rings. The highest BCUT2D eigenvalue weighted by Gasteiger charge is 2.28. The monoisotopic (exact) mass is 386 g/mol. The van der Waals surface area contributed by atoms with Crippen LogP contribution in [-0.4, -0.2) is 32.3 Å². The number of carbonyl (C=O) groups is 1. The zero-order valence-corrected chi connectivity index (χ0v) is 16.0. The normalized spacial score (nSPS) is 24.2. The lowest BCUT2D eigenvalue weighted by Crippen LogP contribution is -2.44. The second-order valence-electron chi connectivity index (χ2n) is 6.41. The topological polar surface area (TPSA) is 59.3 Å². The number of hydrogen-bond acceptors (Lipinski definition) is 4. The first-order valence-corrected chi connectivity index (χ1v) is 9.82. The van der Waals surface area contributed by atoms with Crippen molar-refractivity contribution in [1.82, 2.24) is 19.9 Å². The van der Waals surface area contributed by atoms with Gasteiger partial charge in [0.05, 0.1) is 15.8 Å². The minimum Gasteiger partial charge on any atom is -0.352 e. The molecule has 1 saturated carbocycles. The number of nitrogens with one attached hydrogen (secondary N) is 1. The van der Waals surface area contributed by atoms with Crippen LogP contribution in [0, 0.1) is 11.8 Å². The van der Waals surface area contributed by atoms with Crippen LogP contribution in [-0.2, 0) is 4.79 Å². The van der Waals surface area contributed by atoms with Gasteiger partial charge in [0.25, 0.3) is 0 Å². The number of hydrogen-bond donors (Lipinski definition) is 1. The predicted octanol–water partition coefficient (Wildman–Crippen LogP) is 4.07. The molecular formula is C16H20Cl2N4OS. The Hall–Kier alpha value is -0.980. The van der Waals surface area contributed by atoms with E-state index in [4.69, 9.17) is 23.2 Å². The van der Waals surface area contributed by atoms with Gasteiger partial charge in [-0.2, -0.15) is 0 Å². The summed E-state index contributed by atoms with van der Waals surface area (Å²) < 4.78 is 1.72. The van der Waals surface area contributed by atoms with Crippen LogP contribution in [0.15, 0.2) is 17.4 Å². The van der Waals surface area contributed by atoms with Crippen LogP contribution in [0.4, 0.5) is 0 Å². The Balaban J connectivity index is 1.62. The number of halogens is 2. The first-order valence-electron chi connectivity index (χ1n) is 8.07. The van der Waals surface area contributed by atoms with Gasteiger partial charge in [-0.25, -0.2) is 0 Å². The summed E-state index contributed by atoms with van der Waals surface area (Å²) in [5, 5.41) is 12.9. The van der Waals surface area contributed by atoms with Crippen LogP contribution in [0.25, 0.3) is 5.65 Å². The summed E-state index contributed by atoms with van der Waals surface area (Å²) in [6.45, 7) is 4.48. The summed E-state index contributed by atoms with van der Waals surface area (Å²) in [4.78, 5) is 12.3. The van der Waals surface area contributed by atoms with Crippen LogP contribution in [0.5, 0.6) is 0 Å². The van der Waals surface area contributed by atoms with Crippen molar-refractivity contribution in [2.24, 2.45) is 11.8 Å². The fourth-order valence-corrected chi connectivity index (χ4v) is 4.39. The molecule has 0 aromatic carbocycles. The standard InChI is InChI=1S/C16H20Cl2N4OS/c1-9-4-3-5-13(10(9)2)19-14(23)8-24-16-21-20-15-12(18)6-11(17)7-22(15)16/h6-7,9-10,13H,3-5,8H2,1-2H3,(H,19,23). The number of carbonyl (C=O) groups excluding carboxylic acids is 1. The van der Waals surface area contributed by atoms with Crippen LogP contribution >= 0.6 is 35.0 Å². The lowest BCUT2D eigenvalue weighted by molar-refractivity contribution is -0.120. The molecule has 1 N–H and O–H groups in total. The Morgan fingerprint density at radius 3 is 2.96 bits per heavy atom. The van der Waals surface area contributed by atoms with Gasteiger partial charge in [-0.05, 0) is 24.3 Å². The van der Waals surface area contributed by atoms with Gasteiger partial charge < -0.3 is 5.32 Å². The Kier molecular flexibility index (Phi) is 5.57. The molecule has 2 aromatic heterocycles. The van der Waals surface area contributed by atoms with Crippen LogP contribution in [0.2, 0.25) is 10.0 Å². The summed E-state index contributed by atoms with van der Waals surface area (Å²) >= 11 is 13.5. The molecule has 0 aliphatic heterocycles. The van der Waals surface area contributed by atoms with Crippen molar-refractivity contribution in [3.05, 3.63) is 22.3 Å². The predicted molar refractivity (Wildman–Crippen MR) is 97.8 cm³/mol. The zero-order chi connectivity index (χ0) is 17.3. The SMILES string of the molecule is CC1CCCC(NC(=O)CSc2nnc3c(Cl)cc(Cl)cn23)C1C. The van der Waals surface area contributed by atoms with E-state index >= 15 is 0 Å². The van der Waals surface area contributed by atoms with Crippen molar-refractivity contribution in [2.45, 2.75) is 44.3 Å². The largest absolute Gasteiger partial charge is 0.352 e. The maximum Gasteiger partial charge on any atom is 0.230 e. The number of nitrogens with zero attached hydrogens (tertiary/aromatic N) is 3. The maximum absolute atomic E-state index is 12.3. The summed E-state index contributed by atoms with van der Waals surface area (Å²) in [5.41, 5.74) is 0.540. The molecule has 24 heavy (non-hydrogen) atoms. The average molecular weight is 387 g/mol. The average Bonchev–Trinajstić information content (AvgIpc) is 2.93. The van der Waals surface area contributed by atoms with Gasteiger partial charge >= 0.3 is 0 Å². The third-order valence-corrected chi connectivity index (χ3v) is 6.21. The smallest absolute Gasteiger partial charge is 0.230 e. The Morgan fingerprint density at radius 2 is 2.17 bits per heavy atom. The first kappa shape index (κ1) is 17.8. The molecule has 5 nitrogen and oxygen atoms in total. The maximum atomic E-state index is 12.3. The Morgan fingerprint density at radius 1 is 1.38 bits per heavy atom. The molecule has 3 rings (SSSR count). The second-order valence-corrected chi connectivity index (χ2v) is 8.20. The number of pyridine rings is 1. The number of aromatic nitrogens is 3. The molecule has 3 atom stereocenters. The zero-order valence-electron chi connectivity index (χ0n) is 13.6. The molecule has 1 fully saturated rings. The molecule has 8 heteroatoms. The van der Waals surface area contributed by atoms with Crippen LogP contribution < -0.4 is 5.32 Å². The molecule has 0 radical (unpaired) electrons. The van der Waals surface area contributed by atoms with Gasteiger partial charge in [0.2, 0.25) is 5.91 Å². The summed E-state index contributed by atoms with van der Waals surface area (Å²) in [6, 6.07) is 1.89. The van der Waals surface area contributed by atoms with E-state index in [1.54, 1.807) is 16.7 Å². The van der Waals surface area contributed by atoms with Crippen LogP contribution in [0.1, 0.15) is 33.1 Å². The van der Waals surface area contributed by atoms with Crippen molar-refractivity contribution in [3.8, 4) is 0 Å². The van der Waals surface area contributed by atoms with E-state index in [1.807, 2.05) is 0 Å². The van der Waals surface area contributed by atoms with E-state index in [1.165, 1.54) is 24.6 Å². The number of fused-ring (bicyclic) bond motifs is 1. The van der Waals surface area contributed by atoms with Gasteiger partial charge in [-0.3, -0.25) is 9.20 Å². The van der Waals surface area contributed by atoms with Gasteiger partial charge in [0.15, 0.2) is 10.8 Å².